The van der Waals surface area contributed by atoms with Crippen LogP contribution in [0.25, 0.3) is 0 Å². The molecule has 0 heterocycles. The minimum absolute atomic E-state index is 0.352. The summed E-state index contributed by atoms with van der Waals surface area (Å²) in [6, 6.07) is 4.54. The molecule has 0 saturated heterocycles. The number of benzene rings is 1. The van der Waals surface area contributed by atoms with Crippen LogP contribution >= 0.6 is 0 Å². The van der Waals surface area contributed by atoms with Crippen molar-refractivity contribution < 1.29 is 22.3 Å². The SMILES string of the molecule is COc1ccc(C(F)(CN)C(F)(F)F)cc1. The maximum absolute atomic E-state index is 13.7. The van der Waals surface area contributed by atoms with Gasteiger partial charge in [-0.25, -0.2) is 4.39 Å². The zero-order chi connectivity index (χ0) is 12.4. The van der Waals surface area contributed by atoms with Crippen molar-refractivity contribution in [3.05, 3.63) is 29.8 Å². The van der Waals surface area contributed by atoms with Crippen LogP contribution in [0, 0.1) is 0 Å². The van der Waals surface area contributed by atoms with Gasteiger partial charge < -0.3 is 10.5 Å². The van der Waals surface area contributed by atoms with E-state index in [0.717, 1.165) is 12.1 Å². The summed E-state index contributed by atoms with van der Waals surface area (Å²) in [4.78, 5) is 0. The summed E-state index contributed by atoms with van der Waals surface area (Å²) in [6.07, 6.45) is -5.03. The molecule has 0 saturated carbocycles. The smallest absolute Gasteiger partial charge is 0.428 e. The van der Waals surface area contributed by atoms with Gasteiger partial charge in [0, 0.05) is 6.54 Å². The Hall–Kier alpha value is -1.30. The first-order valence-electron chi connectivity index (χ1n) is 4.45. The minimum atomic E-state index is -5.03. The molecule has 0 aromatic heterocycles. The van der Waals surface area contributed by atoms with Crippen molar-refractivity contribution in [1.82, 2.24) is 0 Å². The van der Waals surface area contributed by atoms with Gasteiger partial charge in [0.25, 0.3) is 0 Å². The molecule has 1 aromatic carbocycles. The van der Waals surface area contributed by atoms with Crippen LogP contribution in [0.15, 0.2) is 24.3 Å². The van der Waals surface area contributed by atoms with Crippen molar-refractivity contribution in [3.63, 3.8) is 0 Å². The lowest BCUT2D eigenvalue weighted by atomic mass is 9.95. The largest absolute Gasteiger partial charge is 0.497 e. The average Bonchev–Trinajstić information content (AvgIpc) is 2.26. The van der Waals surface area contributed by atoms with Gasteiger partial charge in [0.2, 0.25) is 5.67 Å². The first-order chi connectivity index (χ1) is 7.35. The second-order valence-corrected chi connectivity index (χ2v) is 3.23. The topological polar surface area (TPSA) is 35.2 Å². The second-order valence-electron chi connectivity index (χ2n) is 3.23. The number of alkyl halides is 4. The molecule has 2 N–H and O–H groups in total. The monoisotopic (exact) mass is 237 g/mol. The zero-order valence-corrected chi connectivity index (χ0v) is 8.51. The van der Waals surface area contributed by atoms with Gasteiger partial charge >= 0.3 is 6.18 Å². The van der Waals surface area contributed by atoms with Crippen LogP contribution in [0.4, 0.5) is 17.6 Å². The Morgan fingerprint density at radius 1 is 1.12 bits per heavy atom. The molecule has 0 aliphatic rings. The quantitative estimate of drug-likeness (QED) is 0.819. The van der Waals surface area contributed by atoms with Gasteiger partial charge in [-0.1, -0.05) is 12.1 Å². The lowest BCUT2D eigenvalue weighted by molar-refractivity contribution is -0.231. The van der Waals surface area contributed by atoms with E-state index in [1.165, 1.54) is 19.2 Å². The molecule has 0 spiro atoms. The van der Waals surface area contributed by atoms with Crippen LogP contribution in [0.2, 0.25) is 0 Å². The molecule has 0 aliphatic heterocycles. The molecule has 16 heavy (non-hydrogen) atoms. The van der Waals surface area contributed by atoms with Gasteiger partial charge in [0.15, 0.2) is 0 Å². The molecule has 0 amide bonds. The lowest BCUT2D eigenvalue weighted by Gasteiger charge is -2.26. The van der Waals surface area contributed by atoms with Gasteiger partial charge in [-0.05, 0) is 17.7 Å². The third kappa shape index (κ3) is 2.11. The van der Waals surface area contributed by atoms with Gasteiger partial charge in [-0.2, -0.15) is 13.2 Å². The third-order valence-corrected chi connectivity index (χ3v) is 2.28. The molecule has 1 unspecified atom stereocenters. The summed E-state index contributed by atoms with van der Waals surface area (Å²) in [5, 5.41) is 0. The Bertz CT molecular complexity index is 349. The molecule has 0 bridgehead atoms. The predicted octanol–water partition coefficient (Wildman–Crippen LogP) is 2.38. The standard InChI is InChI=1S/C10H11F4NO/c1-16-8-4-2-7(3-5-8)9(11,6-15)10(12,13)14/h2-5H,6,15H2,1H3. The Labute approximate surface area is 90.0 Å². The Morgan fingerprint density at radius 2 is 1.62 bits per heavy atom. The Kier molecular flexibility index (Phi) is 3.42. The van der Waals surface area contributed by atoms with E-state index in [0.29, 0.717) is 5.75 Å². The van der Waals surface area contributed by atoms with E-state index in [-0.39, 0.29) is 0 Å². The molecular formula is C10H11F4NO. The van der Waals surface area contributed by atoms with Crippen LogP contribution in [0.1, 0.15) is 5.56 Å². The molecule has 2 nitrogen and oxygen atoms in total. The van der Waals surface area contributed by atoms with Crippen LogP contribution in [-0.4, -0.2) is 19.8 Å². The lowest BCUT2D eigenvalue weighted by Crippen LogP contribution is -2.44. The first kappa shape index (κ1) is 12.8. The molecule has 1 rings (SSSR count). The zero-order valence-electron chi connectivity index (χ0n) is 8.51. The summed E-state index contributed by atoms with van der Waals surface area (Å²) in [5.74, 6) is 0.352. The van der Waals surface area contributed by atoms with Crippen molar-refractivity contribution in [2.24, 2.45) is 5.73 Å². The summed E-state index contributed by atoms with van der Waals surface area (Å²) in [5.41, 5.74) is 0.830. The predicted molar refractivity (Wildman–Crippen MR) is 50.9 cm³/mol. The minimum Gasteiger partial charge on any atom is -0.497 e. The number of hydrogen-bond donors (Lipinski definition) is 1. The highest BCUT2D eigenvalue weighted by atomic mass is 19.4. The van der Waals surface area contributed by atoms with E-state index in [4.69, 9.17) is 10.5 Å². The van der Waals surface area contributed by atoms with Crippen molar-refractivity contribution >= 4 is 0 Å². The highest BCUT2D eigenvalue weighted by Crippen LogP contribution is 2.41. The highest BCUT2D eigenvalue weighted by Gasteiger charge is 2.56. The highest BCUT2D eigenvalue weighted by molar-refractivity contribution is 5.32. The molecule has 90 valence electrons. The normalized spacial score (nSPS) is 15.6. The van der Waals surface area contributed by atoms with E-state index >= 15 is 0 Å². The number of nitrogens with two attached hydrogens (primary N) is 1. The van der Waals surface area contributed by atoms with Crippen molar-refractivity contribution in [1.29, 1.82) is 0 Å². The maximum atomic E-state index is 13.7. The second kappa shape index (κ2) is 4.29. The fourth-order valence-electron chi connectivity index (χ4n) is 1.25. The van der Waals surface area contributed by atoms with Gasteiger partial charge in [-0.15, -0.1) is 0 Å². The summed E-state index contributed by atoms with van der Waals surface area (Å²) in [6.45, 7) is -1.15. The maximum Gasteiger partial charge on any atom is 0.428 e. The number of rotatable bonds is 3. The van der Waals surface area contributed by atoms with E-state index in [1.807, 2.05) is 0 Å². The van der Waals surface area contributed by atoms with Gasteiger partial charge in [-0.3, -0.25) is 0 Å². The molecule has 1 aromatic rings. The molecular weight excluding hydrogens is 226 g/mol. The van der Waals surface area contributed by atoms with E-state index < -0.39 is 24.0 Å². The molecule has 0 radical (unpaired) electrons. The average molecular weight is 237 g/mol. The molecule has 6 heteroatoms. The Morgan fingerprint density at radius 3 is 1.94 bits per heavy atom. The van der Waals surface area contributed by atoms with E-state index in [1.54, 1.807) is 0 Å². The molecule has 1 atom stereocenters. The van der Waals surface area contributed by atoms with Gasteiger partial charge in [0.05, 0.1) is 7.11 Å². The number of methoxy groups -OCH3 is 1. The first-order valence-corrected chi connectivity index (χ1v) is 4.45. The number of ether oxygens (including phenoxy) is 1. The molecule has 0 aliphatic carbocycles. The van der Waals surface area contributed by atoms with Crippen LogP contribution < -0.4 is 10.5 Å². The number of halogens is 4. The van der Waals surface area contributed by atoms with Crippen molar-refractivity contribution in [2.75, 3.05) is 13.7 Å². The van der Waals surface area contributed by atoms with E-state index in [2.05, 4.69) is 0 Å². The Balaban J connectivity index is 3.13. The summed E-state index contributed by atoms with van der Waals surface area (Å²) >= 11 is 0. The fraction of sp³-hybridized carbons (Fsp3) is 0.400. The third-order valence-electron chi connectivity index (χ3n) is 2.28. The van der Waals surface area contributed by atoms with Gasteiger partial charge in [0.1, 0.15) is 5.75 Å². The molecule has 0 fully saturated rings. The summed E-state index contributed by atoms with van der Waals surface area (Å²) < 4.78 is 55.9. The fourth-order valence-corrected chi connectivity index (χ4v) is 1.25. The van der Waals surface area contributed by atoms with Crippen molar-refractivity contribution in [3.8, 4) is 5.75 Å². The van der Waals surface area contributed by atoms with Crippen LogP contribution in [-0.2, 0) is 5.67 Å². The summed E-state index contributed by atoms with van der Waals surface area (Å²) in [7, 11) is 1.37. The van der Waals surface area contributed by atoms with E-state index in [9.17, 15) is 17.6 Å². The van der Waals surface area contributed by atoms with Crippen LogP contribution in [0.5, 0.6) is 5.75 Å². The van der Waals surface area contributed by atoms with Crippen LogP contribution in [0.3, 0.4) is 0 Å². The number of hydrogen-bond acceptors (Lipinski definition) is 2. The van der Waals surface area contributed by atoms with Crippen molar-refractivity contribution in [2.45, 2.75) is 11.8 Å².